The predicted molar refractivity (Wildman–Crippen MR) is 55.6 cm³/mol. The summed E-state index contributed by atoms with van der Waals surface area (Å²) in [6, 6.07) is 0. The number of allylic oxidation sites excluding steroid dienone is 1. The van der Waals surface area contributed by atoms with Crippen LogP contribution in [0.3, 0.4) is 0 Å². The van der Waals surface area contributed by atoms with Crippen LogP contribution in [0.4, 0.5) is 0 Å². The summed E-state index contributed by atoms with van der Waals surface area (Å²) >= 11 is 5.72. The van der Waals surface area contributed by atoms with E-state index in [4.69, 9.17) is 11.6 Å². The van der Waals surface area contributed by atoms with Gasteiger partial charge in [-0.05, 0) is 37.5 Å². The molecule has 0 amide bonds. The number of rotatable bonds is 4. The van der Waals surface area contributed by atoms with Crippen LogP contribution >= 0.6 is 11.6 Å². The highest BCUT2D eigenvalue weighted by Crippen LogP contribution is 2.32. The molecule has 0 aromatic heterocycles. The minimum atomic E-state index is 0.844. The number of alkyl halides is 1. The summed E-state index contributed by atoms with van der Waals surface area (Å²) in [4.78, 5) is 0. The Morgan fingerprint density at radius 2 is 1.75 bits per heavy atom. The lowest BCUT2D eigenvalue weighted by Crippen LogP contribution is -2.14. The lowest BCUT2D eigenvalue weighted by Gasteiger charge is -2.27. The van der Waals surface area contributed by atoms with E-state index in [9.17, 15) is 0 Å². The van der Waals surface area contributed by atoms with E-state index in [1.54, 1.807) is 0 Å². The number of hydrogen-bond donors (Lipinski definition) is 0. The molecule has 0 nitrogen and oxygen atoms in total. The monoisotopic (exact) mass is 186 g/mol. The molecule has 0 saturated heterocycles. The second kappa shape index (κ2) is 5.64. The summed E-state index contributed by atoms with van der Waals surface area (Å²) in [6.07, 6.45) is 10.1. The van der Waals surface area contributed by atoms with Gasteiger partial charge in [-0.2, -0.15) is 0 Å². The van der Waals surface area contributed by atoms with Gasteiger partial charge in [0.2, 0.25) is 0 Å². The third-order valence-corrected chi connectivity index (χ3v) is 3.20. The standard InChI is InChI=1S/C11H19Cl/c1-2-3-10-4-6-11(7-5-10)8-9-12/h2,10-11H,1,3-9H2. The van der Waals surface area contributed by atoms with Gasteiger partial charge in [0.25, 0.3) is 0 Å². The van der Waals surface area contributed by atoms with Crippen LogP contribution in [0.5, 0.6) is 0 Å². The van der Waals surface area contributed by atoms with E-state index in [1.165, 1.54) is 38.5 Å². The Hall–Kier alpha value is 0.0300. The average Bonchev–Trinajstić information content (AvgIpc) is 2.09. The van der Waals surface area contributed by atoms with Crippen LogP contribution in [0.1, 0.15) is 38.5 Å². The van der Waals surface area contributed by atoms with Crippen LogP contribution in [0.2, 0.25) is 0 Å². The molecule has 0 aromatic carbocycles. The van der Waals surface area contributed by atoms with Gasteiger partial charge >= 0.3 is 0 Å². The fraction of sp³-hybridized carbons (Fsp3) is 0.818. The second-order valence-corrected chi connectivity index (χ2v) is 4.27. The van der Waals surface area contributed by atoms with Crippen LogP contribution in [0.15, 0.2) is 12.7 Å². The molecule has 0 heterocycles. The maximum absolute atomic E-state index is 5.72. The van der Waals surface area contributed by atoms with Crippen LogP contribution in [-0.4, -0.2) is 5.88 Å². The Balaban J connectivity index is 2.15. The zero-order chi connectivity index (χ0) is 8.81. The van der Waals surface area contributed by atoms with Gasteiger partial charge < -0.3 is 0 Å². The molecule has 1 aliphatic carbocycles. The first kappa shape index (κ1) is 10.1. The zero-order valence-electron chi connectivity index (χ0n) is 7.77. The fourth-order valence-electron chi connectivity index (χ4n) is 2.15. The first-order valence-electron chi connectivity index (χ1n) is 5.03. The fourth-order valence-corrected chi connectivity index (χ4v) is 2.45. The van der Waals surface area contributed by atoms with E-state index in [1.807, 2.05) is 0 Å². The Kier molecular flexibility index (Phi) is 4.75. The summed E-state index contributed by atoms with van der Waals surface area (Å²) < 4.78 is 0. The molecule has 1 fully saturated rings. The highest BCUT2D eigenvalue weighted by atomic mass is 35.5. The molecule has 1 saturated carbocycles. The van der Waals surface area contributed by atoms with E-state index < -0.39 is 0 Å². The van der Waals surface area contributed by atoms with Crippen molar-refractivity contribution < 1.29 is 0 Å². The van der Waals surface area contributed by atoms with Crippen LogP contribution in [0, 0.1) is 11.8 Å². The van der Waals surface area contributed by atoms with Crippen LogP contribution in [0.25, 0.3) is 0 Å². The third kappa shape index (κ3) is 3.18. The highest BCUT2D eigenvalue weighted by molar-refractivity contribution is 6.17. The third-order valence-electron chi connectivity index (χ3n) is 2.98. The Morgan fingerprint density at radius 3 is 2.25 bits per heavy atom. The Bertz CT molecular complexity index is 123. The zero-order valence-corrected chi connectivity index (χ0v) is 8.52. The summed E-state index contributed by atoms with van der Waals surface area (Å²) in [6.45, 7) is 3.79. The van der Waals surface area contributed by atoms with Crippen molar-refractivity contribution in [2.75, 3.05) is 5.88 Å². The van der Waals surface area contributed by atoms with Gasteiger partial charge in [-0.3, -0.25) is 0 Å². The van der Waals surface area contributed by atoms with Gasteiger partial charge in [0.05, 0.1) is 0 Å². The van der Waals surface area contributed by atoms with Gasteiger partial charge in [-0.1, -0.05) is 18.9 Å². The van der Waals surface area contributed by atoms with Gasteiger partial charge in [-0.25, -0.2) is 0 Å². The lowest BCUT2D eigenvalue weighted by atomic mass is 9.79. The van der Waals surface area contributed by atoms with Crippen molar-refractivity contribution in [2.24, 2.45) is 11.8 Å². The first-order chi connectivity index (χ1) is 5.86. The van der Waals surface area contributed by atoms with Crippen molar-refractivity contribution in [2.45, 2.75) is 38.5 Å². The molecule has 1 aliphatic rings. The first-order valence-corrected chi connectivity index (χ1v) is 5.57. The van der Waals surface area contributed by atoms with Crippen LogP contribution < -0.4 is 0 Å². The Labute approximate surface area is 81.0 Å². The summed E-state index contributed by atoms with van der Waals surface area (Å²) in [7, 11) is 0. The molecule has 0 aromatic rings. The van der Waals surface area contributed by atoms with Crippen molar-refractivity contribution in [1.82, 2.24) is 0 Å². The number of hydrogen-bond acceptors (Lipinski definition) is 0. The average molecular weight is 187 g/mol. The minimum Gasteiger partial charge on any atom is -0.127 e. The molecule has 1 heteroatoms. The molecule has 0 aliphatic heterocycles. The molecule has 1 rings (SSSR count). The van der Waals surface area contributed by atoms with Crippen molar-refractivity contribution in [3.8, 4) is 0 Å². The lowest BCUT2D eigenvalue weighted by molar-refractivity contribution is 0.272. The molecule has 12 heavy (non-hydrogen) atoms. The topological polar surface area (TPSA) is 0 Å². The Morgan fingerprint density at radius 1 is 1.17 bits per heavy atom. The molecule has 0 atom stereocenters. The van der Waals surface area contributed by atoms with Crippen molar-refractivity contribution in [3.05, 3.63) is 12.7 Å². The normalized spacial score (nSPS) is 30.1. The minimum absolute atomic E-state index is 0.844. The van der Waals surface area contributed by atoms with Gasteiger partial charge in [0.1, 0.15) is 0 Å². The van der Waals surface area contributed by atoms with E-state index in [0.717, 1.165) is 17.7 Å². The van der Waals surface area contributed by atoms with E-state index in [2.05, 4.69) is 12.7 Å². The summed E-state index contributed by atoms with van der Waals surface area (Å²) in [5.74, 6) is 2.69. The molecule has 70 valence electrons. The summed E-state index contributed by atoms with van der Waals surface area (Å²) in [5.41, 5.74) is 0. The van der Waals surface area contributed by atoms with Gasteiger partial charge in [0.15, 0.2) is 0 Å². The smallest absolute Gasteiger partial charge is 0.0226 e. The molecular weight excluding hydrogens is 168 g/mol. The van der Waals surface area contributed by atoms with Crippen LogP contribution in [-0.2, 0) is 0 Å². The highest BCUT2D eigenvalue weighted by Gasteiger charge is 2.19. The molecule has 0 unspecified atom stereocenters. The molecule has 0 bridgehead atoms. The van der Waals surface area contributed by atoms with Crippen molar-refractivity contribution in [3.63, 3.8) is 0 Å². The van der Waals surface area contributed by atoms with E-state index >= 15 is 0 Å². The predicted octanol–water partition coefficient (Wildman–Crippen LogP) is 4.00. The van der Waals surface area contributed by atoms with Gasteiger partial charge in [0, 0.05) is 5.88 Å². The van der Waals surface area contributed by atoms with Gasteiger partial charge in [-0.15, -0.1) is 18.2 Å². The van der Waals surface area contributed by atoms with E-state index in [-0.39, 0.29) is 0 Å². The quantitative estimate of drug-likeness (QED) is 0.460. The maximum atomic E-state index is 5.72. The largest absolute Gasteiger partial charge is 0.127 e. The second-order valence-electron chi connectivity index (χ2n) is 3.89. The maximum Gasteiger partial charge on any atom is 0.0226 e. The molecule has 0 spiro atoms. The molecule has 0 radical (unpaired) electrons. The van der Waals surface area contributed by atoms with Crippen molar-refractivity contribution in [1.29, 1.82) is 0 Å². The molecule has 0 N–H and O–H groups in total. The van der Waals surface area contributed by atoms with E-state index in [0.29, 0.717) is 0 Å². The number of halogens is 1. The summed E-state index contributed by atoms with van der Waals surface area (Å²) in [5, 5.41) is 0. The molecular formula is C11H19Cl. The van der Waals surface area contributed by atoms with Crippen molar-refractivity contribution >= 4 is 11.6 Å². The SMILES string of the molecule is C=CCC1CCC(CCCl)CC1.